The van der Waals surface area contributed by atoms with Crippen molar-refractivity contribution in [1.29, 1.82) is 0 Å². The number of nitrogens with zero attached hydrogens (tertiary/aromatic N) is 1. The molecule has 28 heavy (non-hydrogen) atoms. The minimum Gasteiger partial charge on any atom is -0.476 e. The summed E-state index contributed by atoms with van der Waals surface area (Å²) in [6.45, 7) is 0. The molecule has 0 bridgehead atoms. The molecule has 6 heteroatoms. The van der Waals surface area contributed by atoms with Crippen molar-refractivity contribution >= 4 is 33.3 Å². The molecule has 1 unspecified atom stereocenters. The van der Waals surface area contributed by atoms with E-state index in [0.717, 1.165) is 10.0 Å². The zero-order valence-corrected chi connectivity index (χ0v) is 16.9. The molecule has 1 fully saturated rings. The minimum atomic E-state index is -1.89. The van der Waals surface area contributed by atoms with Gasteiger partial charge in [-0.3, -0.25) is 9.78 Å². The highest BCUT2D eigenvalue weighted by Gasteiger charge is 2.73. The number of benzene rings is 2. The summed E-state index contributed by atoms with van der Waals surface area (Å²) in [6.07, 6.45) is 1.59. The first-order valence-electron chi connectivity index (χ1n) is 8.88. The molecule has 2 aliphatic rings. The van der Waals surface area contributed by atoms with Crippen LogP contribution < -0.4 is 4.74 Å². The average Bonchev–Trinajstić information content (AvgIpc) is 3.09. The van der Waals surface area contributed by atoms with E-state index in [2.05, 4.69) is 20.9 Å². The number of carbonyl (C=O) groups excluding carboxylic acids is 1. The Kier molecular flexibility index (Phi) is 3.92. The van der Waals surface area contributed by atoms with Gasteiger partial charge in [0.05, 0.1) is 5.02 Å². The summed E-state index contributed by atoms with van der Waals surface area (Å²) in [5.41, 5.74) is -1.34. The molecule has 0 saturated heterocycles. The molecule has 1 saturated carbocycles. The highest BCUT2D eigenvalue weighted by Crippen LogP contribution is 2.64. The van der Waals surface area contributed by atoms with Crippen LogP contribution in [0.25, 0.3) is 0 Å². The van der Waals surface area contributed by atoms with E-state index in [1.165, 1.54) is 6.20 Å². The van der Waals surface area contributed by atoms with Crippen molar-refractivity contribution in [1.82, 2.24) is 4.98 Å². The summed E-state index contributed by atoms with van der Waals surface area (Å²) in [4.78, 5) is 17.5. The third kappa shape index (κ3) is 2.21. The van der Waals surface area contributed by atoms with Crippen LogP contribution in [0.2, 0.25) is 5.02 Å². The second-order valence-corrected chi connectivity index (χ2v) is 8.50. The molecule has 1 aromatic heterocycles. The van der Waals surface area contributed by atoms with Crippen LogP contribution in [0.5, 0.6) is 5.75 Å². The predicted molar refractivity (Wildman–Crippen MR) is 108 cm³/mol. The predicted octanol–water partition coefficient (Wildman–Crippen LogP) is 4.73. The van der Waals surface area contributed by atoms with Crippen molar-refractivity contribution in [3.8, 4) is 5.75 Å². The molecule has 2 aromatic carbocycles. The number of halogens is 2. The standard InChI is InChI=1S/C22H15BrClNO3/c23-15-8-6-14(7-9-15)22-17(13-4-2-1-3-5-13)11-19(26)21(22,27)20-18(28-22)10-16(24)12-25-20/h1-10,12,17,27H,11H2/t17-,21?,22-/m0/s1. The molecule has 0 spiro atoms. The van der Waals surface area contributed by atoms with Crippen LogP contribution >= 0.6 is 27.5 Å². The fourth-order valence-electron chi connectivity index (χ4n) is 4.54. The Morgan fingerprint density at radius 2 is 1.86 bits per heavy atom. The largest absolute Gasteiger partial charge is 0.476 e. The second-order valence-electron chi connectivity index (χ2n) is 7.15. The zero-order valence-electron chi connectivity index (χ0n) is 14.6. The minimum absolute atomic E-state index is 0.153. The van der Waals surface area contributed by atoms with Gasteiger partial charge in [0, 0.05) is 29.1 Å². The van der Waals surface area contributed by atoms with Crippen molar-refractivity contribution < 1.29 is 14.6 Å². The number of fused-ring (bicyclic) bond motifs is 3. The number of Topliss-reactive ketones (excluding diaryl/α,β-unsaturated/α-hetero) is 1. The molecule has 1 aliphatic carbocycles. The Labute approximate surface area is 175 Å². The van der Waals surface area contributed by atoms with Gasteiger partial charge in [0.15, 0.2) is 11.4 Å². The van der Waals surface area contributed by atoms with E-state index in [4.69, 9.17) is 16.3 Å². The van der Waals surface area contributed by atoms with Crippen LogP contribution in [0, 0.1) is 0 Å². The molecule has 0 amide bonds. The number of carbonyl (C=O) groups is 1. The lowest BCUT2D eigenvalue weighted by atomic mass is 9.72. The fourth-order valence-corrected chi connectivity index (χ4v) is 4.95. The van der Waals surface area contributed by atoms with E-state index in [1.807, 2.05) is 54.6 Å². The van der Waals surface area contributed by atoms with Crippen LogP contribution in [-0.4, -0.2) is 15.9 Å². The lowest BCUT2D eigenvalue weighted by molar-refractivity contribution is -0.151. The number of aliphatic hydroxyl groups is 1. The van der Waals surface area contributed by atoms with E-state index < -0.39 is 11.2 Å². The highest BCUT2D eigenvalue weighted by molar-refractivity contribution is 9.10. The van der Waals surface area contributed by atoms with Gasteiger partial charge in [-0.1, -0.05) is 70.0 Å². The molecular formula is C22H15BrClNO3. The first kappa shape index (κ1) is 17.9. The topological polar surface area (TPSA) is 59.4 Å². The summed E-state index contributed by atoms with van der Waals surface area (Å²) in [7, 11) is 0. The van der Waals surface area contributed by atoms with Gasteiger partial charge in [-0.25, -0.2) is 0 Å². The number of hydrogen-bond donors (Lipinski definition) is 1. The molecule has 2 heterocycles. The highest BCUT2D eigenvalue weighted by atomic mass is 79.9. The van der Waals surface area contributed by atoms with Crippen LogP contribution in [0.3, 0.4) is 0 Å². The number of aromatic nitrogens is 1. The van der Waals surface area contributed by atoms with Gasteiger partial charge in [-0.05, 0) is 23.3 Å². The average molecular weight is 457 g/mol. The first-order valence-corrected chi connectivity index (χ1v) is 10.1. The summed E-state index contributed by atoms with van der Waals surface area (Å²) >= 11 is 9.56. The quantitative estimate of drug-likeness (QED) is 0.606. The van der Waals surface area contributed by atoms with Crippen LogP contribution in [0.15, 0.2) is 71.3 Å². The lowest BCUT2D eigenvalue weighted by Crippen LogP contribution is -2.51. The molecule has 1 N–H and O–H groups in total. The van der Waals surface area contributed by atoms with Crippen LogP contribution in [-0.2, 0) is 16.0 Å². The Bertz CT molecular complexity index is 1090. The van der Waals surface area contributed by atoms with E-state index in [9.17, 15) is 9.90 Å². The van der Waals surface area contributed by atoms with Crippen LogP contribution in [0.4, 0.5) is 0 Å². The van der Waals surface area contributed by atoms with Gasteiger partial charge in [0.25, 0.3) is 0 Å². The van der Waals surface area contributed by atoms with Crippen molar-refractivity contribution in [2.75, 3.05) is 0 Å². The van der Waals surface area contributed by atoms with E-state index in [-0.39, 0.29) is 23.8 Å². The molecule has 5 rings (SSSR count). The Morgan fingerprint density at radius 3 is 2.57 bits per heavy atom. The lowest BCUT2D eigenvalue weighted by Gasteiger charge is -2.38. The summed E-state index contributed by atoms with van der Waals surface area (Å²) < 4.78 is 7.33. The Balaban J connectivity index is 1.82. The van der Waals surface area contributed by atoms with Crippen molar-refractivity contribution in [3.05, 3.63) is 93.2 Å². The molecule has 3 aromatic rings. The smallest absolute Gasteiger partial charge is 0.213 e. The van der Waals surface area contributed by atoms with Gasteiger partial charge in [-0.2, -0.15) is 0 Å². The molecule has 140 valence electrons. The summed E-state index contributed by atoms with van der Waals surface area (Å²) in [6, 6.07) is 18.8. The third-order valence-electron chi connectivity index (χ3n) is 5.73. The van der Waals surface area contributed by atoms with Gasteiger partial charge >= 0.3 is 0 Å². The monoisotopic (exact) mass is 455 g/mol. The van der Waals surface area contributed by atoms with Gasteiger partial charge in [0.1, 0.15) is 11.4 Å². The zero-order chi connectivity index (χ0) is 19.5. The number of ether oxygens (including phenoxy) is 1. The number of pyridine rings is 1. The Morgan fingerprint density at radius 1 is 1.14 bits per heavy atom. The molecule has 0 radical (unpaired) electrons. The maximum absolute atomic E-state index is 13.2. The van der Waals surface area contributed by atoms with Crippen molar-refractivity contribution in [2.24, 2.45) is 0 Å². The second kappa shape index (κ2) is 6.14. The van der Waals surface area contributed by atoms with Gasteiger partial charge in [-0.15, -0.1) is 0 Å². The third-order valence-corrected chi connectivity index (χ3v) is 6.46. The number of ketones is 1. The SMILES string of the molecule is O=C1C[C@@H](c2ccccc2)[C@]2(c3ccc(Br)cc3)Oc3cc(Cl)cnc3C12O. The first-order chi connectivity index (χ1) is 13.5. The van der Waals surface area contributed by atoms with Crippen LogP contribution in [0.1, 0.15) is 29.2 Å². The molecular weight excluding hydrogens is 442 g/mol. The maximum Gasteiger partial charge on any atom is 0.213 e. The molecule has 1 aliphatic heterocycles. The maximum atomic E-state index is 13.2. The van der Waals surface area contributed by atoms with Gasteiger partial charge in [0.2, 0.25) is 5.60 Å². The van der Waals surface area contributed by atoms with E-state index >= 15 is 0 Å². The van der Waals surface area contributed by atoms with E-state index in [0.29, 0.717) is 16.3 Å². The Hall–Kier alpha value is -2.21. The number of rotatable bonds is 2. The fraction of sp³-hybridized carbons (Fsp3) is 0.182. The van der Waals surface area contributed by atoms with Gasteiger partial charge < -0.3 is 9.84 Å². The van der Waals surface area contributed by atoms with Crippen molar-refractivity contribution in [2.45, 2.75) is 23.5 Å². The normalized spacial score (nSPS) is 28.0. The molecule has 3 atom stereocenters. The number of hydrogen-bond acceptors (Lipinski definition) is 4. The summed E-state index contributed by atoms with van der Waals surface area (Å²) in [5.74, 6) is -0.343. The molecule has 4 nitrogen and oxygen atoms in total. The summed E-state index contributed by atoms with van der Waals surface area (Å²) in [5, 5.41) is 12.2. The van der Waals surface area contributed by atoms with Crippen molar-refractivity contribution in [3.63, 3.8) is 0 Å². The van der Waals surface area contributed by atoms with E-state index in [1.54, 1.807) is 6.07 Å².